The van der Waals surface area contributed by atoms with Crippen molar-refractivity contribution in [2.75, 3.05) is 0 Å². The first-order valence-electron chi connectivity index (χ1n) is 11.9. The minimum absolute atomic E-state index is 0.00490. The quantitative estimate of drug-likeness (QED) is 0.343. The van der Waals surface area contributed by atoms with Crippen molar-refractivity contribution in [3.63, 3.8) is 0 Å². The minimum atomic E-state index is -0.694. The molecule has 0 heterocycles. The van der Waals surface area contributed by atoms with Gasteiger partial charge in [0, 0.05) is 29.1 Å². The maximum Gasteiger partial charge on any atom is 0.243 e. The standard InChI is InChI=1S/C29H32Cl2N2O2/c1-4-21(3)32-29(35)27(17-22-11-6-5-7-12-22)33(19-23-13-8-10-20(2)16-23)28(34)18-24-25(30)14-9-15-26(24)31/h5-16,21,27H,4,17-19H2,1-3H3,(H,32,35)/t21-,27-/m1/s1. The summed E-state index contributed by atoms with van der Waals surface area (Å²) in [6.07, 6.45) is 1.20. The summed E-state index contributed by atoms with van der Waals surface area (Å²) in [4.78, 5) is 29.0. The molecule has 6 heteroatoms. The Morgan fingerprint density at radius 1 is 0.914 bits per heavy atom. The molecule has 3 aromatic carbocycles. The predicted octanol–water partition coefficient (Wildman–Crippen LogP) is 6.40. The Morgan fingerprint density at radius 3 is 2.17 bits per heavy atom. The summed E-state index contributed by atoms with van der Waals surface area (Å²) in [6.45, 7) is 6.30. The average Bonchev–Trinajstić information content (AvgIpc) is 2.84. The van der Waals surface area contributed by atoms with Crippen LogP contribution >= 0.6 is 23.2 Å². The second kappa shape index (κ2) is 12.8. The van der Waals surface area contributed by atoms with Crippen molar-refractivity contribution in [1.82, 2.24) is 10.2 Å². The van der Waals surface area contributed by atoms with Gasteiger partial charge in [0.05, 0.1) is 6.42 Å². The number of halogens is 2. The molecule has 0 radical (unpaired) electrons. The second-order valence-corrected chi connectivity index (χ2v) is 9.73. The van der Waals surface area contributed by atoms with E-state index in [1.165, 1.54) is 0 Å². The third kappa shape index (κ3) is 7.58. The first-order chi connectivity index (χ1) is 16.8. The number of aryl methyl sites for hydroxylation is 1. The monoisotopic (exact) mass is 510 g/mol. The van der Waals surface area contributed by atoms with Crippen LogP contribution in [-0.4, -0.2) is 28.8 Å². The lowest BCUT2D eigenvalue weighted by Crippen LogP contribution is -2.52. The van der Waals surface area contributed by atoms with Gasteiger partial charge in [-0.1, -0.05) is 96.4 Å². The fourth-order valence-corrected chi connectivity index (χ4v) is 4.49. The third-order valence-corrected chi connectivity index (χ3v) is 6.81. The number of rotatable bonds is 10. The molecule has 1 N–H and O–H groups in total. The SMILES string of the molecule is CC[C@@H](C)NC(=O)[C@@H](Cc1ccccc1)N(Cc1cccc(C)c1)C(=O)Cc1c(Cl)cccc1Cl. The number of carbonyl (C=O) groups is 2. The molecule has 184 valence electrons. The Hall–Kier alpha value is -2.82. The first-order valence-corrected chi connectivity index (χ1v) is 12.7. The highest BCUT2D eigenvalue weighted by Crippen LogP contribution is 2.26. The van der Waals surface area contributed by atoms with E-state index in [2.05, 4.69) is 5.32 Å². The van der Waals surface area contributed by atoms with Gasteiger partial charge in [0.15, 0.2) is 0 Å². The van der Waals surface area contributed by atoms with Crippen LogP contribution in [0.15, 0.2) is 72.8 Å². The van der Waals surface area contributed by atoms with Crippen molar-refractivity contribution in [2.24, 2.45) is 0 Å². The van der Waals surface area contributed by atoms with Gasteiger partial charge in [-0.25, -0.2) is 0 Å². The van der Waals surface area contributed by atoms with E-state index in [0.29, 0.717) is 28.6 Å². The second-order valence-electron chi connectivity index (χ2n) is 8.91. The number of nitrogens with one attached hydrogen (secondary N) is 1. The predicted molar refractivity (Wildman–Crippen MR) is 144 cm³/mol. The van der Waals surface area contributed by atoms with E-state index in [9.17, 15) is 9.59 Å². The van der Waals surface area contributed by atoms with Crippen molar-refractivity contribution >= 4 is 35.0 Å². The van der Waals surface area contributed by atoms with Crippen molar-refractivity contribution in [2.45, 2.75) is 58.7 Å². The van der Waals surface area contributed by atoms with E-state index in [1.807, 2.05) is 75.4 Å². The number of nitrogens with zero attached hydrogens (tertiary/aromatic N) is 1. The number of carbonyl (C=O) groups excluding carboxylic acids is 2. The molecule has 3 rings (SSSR count). The normalized spacial score (nSPS) is 12.6. The van der Waals surface area contributed by atoms with Gasteiger partial charge in [-0.2, -0.15) is 0 Å². The number of benzene rings is 3. The molecule has 0 aliphatic rings. The highest BCUT2D eigenvalue weighted by Gasteiger charge is 2.31. The van der Waals surface area contributed by atoms with E-state index in [1.54, 1.807) is 23.1 Å². The Kier molecular flexibility index (Phi) is 9.76. The summed E-state index contributed by atoms with van der Waals surface area (Å²) < 4.78 is 0. The smallest absolute Gasteiger partial charge is 0.243 e. The summed E-state index contributed by atoms with van der Waals surface area (Å²) in [5.41, 5.74) is 3.59. The molecular formula is C29H32Cl2N2O2. The van der Waals surface area contributed by atoms with Crippen LogP contribution in [0.5, 0.6) is 0 Å². The van der Waals surface area contributed by atoms with E-state index < -0.39 is 6.04 Å². The summed E-state index contributed by atoms with van der Waals surface area (Å²) in [5.74, 6) is -0.379. The molecule has 2 amide bonds. The molecule has 0 fully saturated rings. The van der Waals surface area contributed by atoms with Gasteiger partial charge in [-0.15, -0.1) is 0 Å². The van der Waals surface area contributed by atoms with Crippen molar-refractivity contribution in [3.8, 4) is 0 Å². The zero-order valence-electron chi connectivity index (χ0n) is 20.4. The number of hydrogen-bond donors (Lipinski definition) is 1. The molecule has 0 aromatic heterocycles. The summed E-state index contributed by atoms with van der Waals surface area (Å²) in [5, 5.41) is 3.95. The Balaban J connectivity index is 2.01. The van der Waals surface area contributed by atoms with Crippen LogP contribution in [0.25, 0.3) is 0 Å². The van der Waals surface area contributed by atoms with Crippen LogP contribution in [0.2, 0.25) is 10.0 Å². The molecular weight excluding hydrogens is 479 g/mol. The van der Waals surface area contributed by atoms with Crippen LogP contribution in [-0.2, 0) is 29.0 Å². The molecule has 0 aliphatic carbocycles. The molecule has 3 aromatic rings. The highest BCUT2D eigenvalue weighted by atomic mass is 35.5. The van der Waals surface area contributed by atoms with Crippen molar-refractivity contribution in [3.05, 3.63) is 105 Å². The molecule has 0 spiro atoms. The molecule has 0 unspecified atom stereocenters. The van der Waals surface area contributed by atoms with Crippen molar-refractivity contribution in [1.29, 1.82) is 0 Å². The van der Waals surface area contributed by atoms with Crippen LogP contribution in [0.3, 0.4) is 0 Å². The van der Waals surface area contributed by atoms with Gasteiger partial charge in [0.1, 0.15) is 6.04 Å². The van der Waals surface area contributed by atoms with Gasteiger partial charge >= 0.3 is 0 Å². The summed E-state index contributed by atoms with van der Waals surface area (Å²) >= 11 is 12.8. The molecule has 4 nitrogen and oxygen atoms in total. The minimum Gasteiger partial charge on any atom is -0.352 e. The van der Waals surface area contributed by atoms with Gasteiger partial charge in [0.25, 0.3) is 0 Å². The molecule has 2 atom stereocenters. The van der Waals surface area contributed by atoms with Gasteiger partial charge < -0.3 is 10.2 Å². The van der Waals surface area contributed by atoms with E-state index in [0.717, 1.165) is 23.1 Å². The maximum absolute atomic E-state index is 13.8. The van der Waals surface area contributed by atoms with Crippen LogP contribution in [0, 0.1) is 6.92 Å². The third-order valence-electron chi connectivity index (χ3n) is 6.10. The first kappa shape index (κ1) is 26.8. The van der Waals surface area contributed by atoms with E-state index in [-0.39, 0.29) is 24.3 Å². The lowest BCUT2D eigenvalue weighted by molar-refractivity contribution is -0.141. The largest absolute Gasteiger partial charge is 0.352 e. The van der Waals surface area contributed by atoms with Crippen LogP contribution < -0.4 is 5.32 Å². The Bertz CT molecular complexity index is 1130. The summed E-state index contributed by atoms with van der Waals surface area (Å²) in [7, 11) is 0. The maximum atomic E-state index is 13.8. The molecule has 0 saturated carbocycles. The fourth-order valence-electron chi connectivity index (χ4n) is 3.96. The average molecular weight is 511 g/mol. The van der Waals surface area contributed by atoms with Gasteiger partial charge in [-0.3, -0.25) is 9.59 Å². The molecule has 0 aliphatic heterocycles. The molecule has 35 heavy (non-hydrogen) atoms. The van der Waals surface area contributed by atoms with Gasteiger partial charge in [-0.05, 0) is 49.1 Å². The van der Waals surface area contributed by atoms with Crippen molar-refractivity contribution < 1.29 is 9.59 Å². The number of hydrogen-bond acceptors (Lipinski definition) is 2. The lowest BCUT2D eigenvalue weighted by Gasteiger charge is -2.32. The highest BCUT2D eigenvalue weighted by molar-refractivity contribution is 6.36. The van der Waals surface area contributed by atoms with Crippen LogP contribution in [0.4, 0.5) is 0 Å². The topological polar surface area (TPSA) is 49.4 Å². The fraction of sp³-hybridized carbons (Fsp3) is 0.310. The lowest BCUT2D eigenvalue weighted by atomic mass is 10.0. The van der Waals surface area contributed by atoms with E-state index in [4.69, 9.17) is 23.2 Å². The van der Waals surface area contributed by atoms with E-state index >= 15 is 0 Å². The molecule has 0 saturated heterocycles. The zero-order chi connectivity index (χ0) is 25.4. The molecule has 0 bridgehead atoms. The Labute approximate surface area is 218 Å². The number of amides is 2. The zero-order valence-corrected chi connectivity index (χ0v) is 21.9. The van der Waals surface area contributed by atoms with Crippen LogP contribution in [0.1, 0.15) is 42.5 Å². The summed E-state index contributed by atoms with van der Waals surface area (Å²) in [6, 6.07) is 22.2. The Morgan fingerprint density at radius 2 is 1.54 bits per heavy atom. The van der Waals surface area contributed by atoms with Gasteiger partial charge in [0.2, 0.25) is 11.8 Å².